The Morgan fingerprint density at radius 2 is 2.18 bits per heavy atom. The Balaban J connectivity index is 2.21. The number of nitrogens with zero attached hydrogens (tertiary/aromatic N) is 4. The van der Waals surface area contributed by atoms with E-state index in [-0.39, 0.29) is 0 Å². The molecule has 88 valence electrons. The molecule has 0 saturated carbocycles. The molecule has 2 aromatic rings. The predicted molar refractivity (Wildman–Crippen MR) is 75.7 cm³/mol. The summed E-state index contributed by atoms with van der Waals surface area (Å²) in [6.07, 6.45) is 5.22. The van der Waals surface area contributed by atoms with Gasteiger partial charge in [-0.3, -0.25) is 4.98 Å². The van der Waals surface area contributed by atoms with Crippen molar-refractivity contribution in [2.24, 2.45) is 0 Å². The average Bonchev–Trinajstić information content (AvgIpc) is 2.38. The molecule has 0 unspecified atom stereocenters. The lowest BCUT2D eigenvalue weighted by atomic mass is 10.3. The summed E-state index contributed by atoms with van der Waals surface area (Å²) >= 11 is 2.25. The van der Waals surface area contributed by atoms with E-state index in [0.717, 1.165) is 28.2 Å². The lowest BCUT2D eigenvalue weighted by Crippen LogP contribution is -2.24. The second-order valence-corrected chi connectivity index (χ2v) is 4.69. The van der Waals surface area contributed by atoms with Crippen LogP contribution in [0.25, 0.3) is 0 Å². The molecule has 0 aliphatic rings. The molecule has 2 aromatic heterocycles. The van der Waals surface area contributed by atoms with Gasteiger partial charge in [-0.15, -0.1) is 0 Å². The van der Waals surface area contributed by atoms with E-state index in [9.17, 15) is 0 Å². The monoisotopic (exact) mass is 340 g/mol. The van der Waals surface area contributed by atoms with Crippen LogP contribution in [0.1, 0.15) is 12.6 Å². The third kappa shape index (κ3) is 3.12. The van der Waals surface area contributed by atoms with Crippen LogP contribution in [0.4, 0.5) is 5.82 Å². The molecular weight excluding hydrogens is 327 g/mol. The lowest BCUT2D eigenvalue weighted by Gasteiger charge is -2.22. The summed E-state index contributed by atoms with van der Waals surface area (Å²) in [6, 6.07) is 5.95. The van der Waals surface area contributed by atoms with Crippen LogP contribution in [0.3, 0.4) is 0 Å². The van der Waals surface area contributed by atoms with E-state index in [1.165, 1.54) is 0 Å². The van der Waals surface area contributed by atoms with Gasteiger partial charge in [-0.05, 0) is 41.6 Å². The average molecular weight is 340 g/mol. The molecular formula is C12H13IN4. The molecule has 0 amide bonds. The van der Waals surface area contributed by atoms with Gasteiger partial charge in [0.05, 0.1) is 15.8 Å². The smallest absolute Gasteiger partial charge is 0.145 e. The SMILES string of the molecule is CCN(Cc1ccccn1)c1ncncc1I. The Morgan fingerprint density at radius 3 is 2.82 bits per heavy atom. The number of aromatic nitrogens is 3. The van der Waals surface area contributed by atoms with Crippen LogP contribution < -0.4 is 4.90 Å². The van der Waals surface area contributed by atoms with Gasteiger partial charge >= 0.3 is 0 Å². The van der Waals surface area contributed by atoms with Gasteiger partial charge < -0.3 is 4.90 Å². The number of pyridine rings is 1. The Kier molecular flexibility index (Phi) is 4.24. The fourth-order valence-corrected chi connectivity index (χ4v) is 2.20. The second-order valence-electron chi connectivity index (χ2n) is 3.53. The molecule has 0 bridgehead atoms. The first-order chi connectivity index (χ1) is 8.31. The second kappa shape index (κ2) is 5.90. The van der Waals surface area contributed by atoms with Crippen molar-refractivity contribution < 1.29 is 0 Å². The molecule has 4 nitrogen and oxygen atoms in total. The summed E-state index contributed by atoms with van der Waals surface area (Å²) < 4.78 is 1.06. The number of halogens is 1. The molecule has 17 heavy (non-hydrogen) atoms. The molecule has 0 atom stereocenters. The zero-order chi connectivity index (χ0) is 12.1. The summed E-state index contributed by atoms with van der Waals surface area (Å²) in [5.74, 6) is 0.966. The summed E-state index contributed by atoms with van der Waals surface area (Å²) in [4.78, 5) is 14.9. The third-order valence-corrected chi connectivity index (χ3v) is 3.17. The molecule has 0 radical (unpaired) electrons. The molecule has 0 aliphatic carbocycles. The summed E-state index contributed by atoms with van der Waals surface area (Å²) in [5.41, 5.74) is 1.05. The first kappa shape index (κ1) is 12.2. The van der Waals surface area contributed by atoms with Gasteiger partial charge in [-0.1, -0.05) is 6.07 Å². The minimum absolute atomic E-state index is 0.768. The number of rotatable bonds is 4. The van der Waals surface area contributed by atoms with Gasteiger partial charge in [0.1, 0.15) is 12.1 Å². The van der Waals surface area contributed by atoms with E-state index in [0.29, 0.717) is 0 Å². The van der Waals surface area contributed by atoms with Gasteiger partial charge in [0.25, 0.3) is 0 Å². The molecule has 0 N–H and O–H groups in total. The standard InChI is InChI=1S/C12H13IN4/c1-2-17(8-10-5-3-4-6-15-10)12-11(13)7-14-9-16-12/h3-7,9H,2,8H2,1H3. The highest BCUT2D eigenvalue weighted by Gasteiger charge is 2.10. The first-order valence-electron chi connectivity index (χ1n) is 5.41. The van der Waals surface area contributed by atoms with E-state index >= 15 is 0 Å². The van der Waals surface area contributed by atoms with Gasteiger partial charge in [-0.2, -0.15) is 0 Å². The molecule has 0 fully saturated rings. The highest BCUT2D eigenvalue weighted by atomic mass is 127. The maximum atomic E-state index is 4.33. The van der Waals surface area contributed by atoms with Gasteiger partial charge in [0, 0.05) is 18.9 Å². The maximum absolute atomic E-state index is 4.33. The van der Waals surface area contributed by atoms with Crippen LogP contribution in [0, 0.1) is 3.57 Å². The fraction of sp³-hybridized carbons (Fsp3) is 0.250. The molecule has 2 rings (SSSR count). The Hall–Kier alpha value is -1.24. The van der Waals surface area contributed by atoms with Crippen LogP contribution >= 0.6 is 22.6 Å². The predicted octanol–water partition coefficient (Wildman–Crippen LogP) is 2.50. The Bertz CT molecular complexity index is 475. The number of hydrogen-bond acceptors (Lipinski definition) is 4. The molecule has 0 aliphatic heterocycles. The van der Waals surface area contributed by atoms with Crippen molar-refractivity contribution in [2.45, 2.75) is 13.5 Å². The highest BCUT2D eigenvalue weighted by molar-refractivity contribution is 14.1. The quantitative estimate of drug-likeness (QED) is 0.802. The van der Waals surface area contributed by atoms with E-state index in [2.05, 4.69) is 49.4 Å². The van der Waals surface area contributed by atoms with E-state index in [4.69, 9.17) is 0 Å². The van der Waals surface area contributed by atoms with Crippen LogP contribution in [0.15, 0.2) is 36.9 Å². The van der Waals surface area contributed by atoms with Crippen LogP contribution in [0.2, 0.25) is 0 Å². The topological polar surface area (TPSA) is 41.9 Å². The van der Waals surface area contributed by atoms with Crippen molar-refractivity contribution in [1.29, 1.82) is 0 Å². The van der Waals surface area contributed by atoms with Gasteiger partial charge in [-0.25, -0.2) is 9.97 Å². The Labute approximate surface area is 114 Å². The molecule has 5 heteroatoms. The number of anilines is 1. The minimum atomic E-state index is 0.768. The molecule has 0 saturated heterocycles. The van der Waals surface area contributed by atoms with E-state index in [1.807, 2.05) is 30.6 Å². The summed E-state index contributed by atoms with van der Waals surface area (Å²) in [7, 11) is 0. The van der Waals surface area contributed by atoms with E-state index < -0.39 is 0 Å². The molecule has 0 aromatic carbocycles. The highest BCUT2D eigenvalue weighted by Crippen LogP contribution is 2.19. The summed E-state index contributed by atoms with van der Waals surface area (Å²) in [5, 5.41) is 0. The van der Waals surface area contributed by atoms with Crippen molar-refractivity contribution in [2.75, 3.05) is 11.4 Å². The fourth-order valence-electron chi connectivity index (χ4n) is 1.56. The van der Waals surface area contributed by atoms with E-state index in [1.54, 1.807) is 6.33 Å². The van der Waals surface area contributed by atoms with Crippen molar-refractivity contribution in [1.82, 2.24) is 15.0 Å². The molecule has 0 spiro atoms. The van der Waals surface area contributed by atoms with Crippen LogP contribution in [-0.2, 0) is 6.54 Å². The number of hydrogen-bond donors (Lipinski definition) is 0. The zero-order valence-corrected chi connectivity index (χ0v) is 11.7. The molecule has 2 heterocycles. The van der Waals surface area contributed by atoms with Gasteiger partial charge in [0.15, 0.2) is 0 Å². The third-order valence-electron chi connectivity index (χ3n) is 2.41. The van der Waals surface area contributed by atoms with Gasteiger partial charge in [0.2, 0.25) is 0 Å². The van der Waals surface area contributed by atoms with Crippen molar-refractivity contribution in [3.05, 3.63) is 46.2 Å². The first-order valence-corrected chi connectivity index (χ1v) is 6.49. The minimum Gasteiger partial charge on any atom is -0.350 e. The van der Waals surface area contributed by atoms with Crippen molar-refractivity contribution >= 4 is 28.4 Å². The van der Waals surface area contributed by atoms with Crippen LogP contribution in [-0.4, -0.2) is 21.5 Å². The zero-order valence-electron chi connectivity index (χ0n) is 9.55. The van der Waals surface area contributed by atoms with Crippen LogP contribution in [0.5, 0.6) is 0 Å². The lowest BCUT2D eigenvalue weighted by molar-refractivity contribution is 0.787. The normalized spacial score (nSPS) is 10.2. The van der Waals surface area contributed by atoms with Crippen molar-refractivity contribution in [3.63, 3.8) is 0 Å². The maximum Gasteiger partial charge on any atom is 0.145 e. The largest absolute Gasteiger partial charge is 0.350 e. The Morgan fingerprint density at radius 1 is 1.29 bits per heavy atom. The summed E-state index contributed by atoms with van der Waals surface area (Å²) in [6.45, 7) is 3.77. The van der Waals surface area contributed by atoms with Crippen molar-refractivity contribution in [3.8, 4) is 0 Å².